The maximum absolute atomic E-state index is 2.67. The zero-order chi connectivity index (χ0) is 50.6. The van der Waals surface area contributed by atoms with Crippen molar-refractivity contribution < 1.29 is 0 Å². The Morgan fingerprint density at radius 1 is 0.400 bits per heavy atom. The minimum atomic E-state index is -0.210. The van der Waals surface area contributed by atoms with Crippen LogP contribution < -0.4 is 25.5 Å². The van der Waals surface area contributed by atoms with Gasteiger partial charge in [0.05, 0.1) is 5.69 Å². The average Bonchev–Trinajstić information content (AvgIpc) is 3.84. The maximum Gasteiger partial charge on any atom is 0.333 e. The smallest absolute Gasteiger partial charge is 0.333 e. The quantitative estimate of drug-likeness (QED) is 0.107. The number of nitrogens with zero attached hydrogens (tertiary/aromatic N) is 3. The van der Waals surface area contributed by atoms with Crippen LogP contribution in [0.3, 0.4) is 0 Å². The van der Waals surface area contributed by atoms with Gasteiger partial charge >= 0.3 is 6.85 Å². The van der Waals surface area contributed by atoms with Gasteiger partial charge < -0.3 is 14.6 Å². The lowest BCUT2D eigenvalue weighted by Crippen LogP contribution is -2.61. The number of unbranched alkanes of at least 4 members (excludes halogenated alkanes) is 2. The predicted octanol–water partition coefficient (Wildman–Crippen LogP) is 18.2. The maximum atomic E-state index is 2.67. The molecule has 10 aromatic carbocycles. The highest BCUT2D eigenvalue weighted by Gasteiger charge is 2.48. The SMILES string of the molecule is CCCCc1ccc(N(c2ccccc2)c2ccc3c(c2)N(c2ccccc2)B2c4cc5c(cc4N(c4ccc(CCCC)cc4-c4ccccc4)c4cc(-c6ccccc6)cc-3c42)C(C)(C)c2ccccc2-5)cc1. The van der Waals surface area contributed by atoms with Crippen molar-refractivity contribution in [3.05, 3.63) is 253 Å². The van der Waals surface area contributed by atoms with Crippen molar-refractivity contribution in [1.29, 1.82) is 0 Å². The number of hydrogen-bond donors (Lipinski definition) is 0. The highest BCUT2D eigenvalue weighted by Crippen LogP contribution is 2.55. The fourth-order valence-electron chi connectivity index (χ4n) is 12.6. The minimum Gasteiger partial charge on any atom is -0.376 e. The first kappa shape index (κ1) is 46.5. The summed E-state index contributed by atoms with van der Waals surface area (Å²) < 4.78 is 0. The standard InChI is InChI=1S/C71H62BN3/c1-5-7-23-49-35-38-55(39-36-49)73(54-29-17-11-18-30-54)57-40-41-59-62-44-53(51-25-13-9-14-26-51)45-69-70(62)72(75(67(59)46-57)56-31-19-12-20-32-56)65-47-61-58-33-21-22-34-63(58)71(3,4)64(61)48-68(65)74(69)66-42-37-50(24-8-6-2)43-60(66)52-27-15-10-16-28-52/h9-22,25-48H,5-8,23-24H2,1-4H3. The predicted molar refractivity (Wildman–Crippen MR) is 321 cm³/mol. The third-order valence-corrected chi connectivity index (χ3v) is 16.4. The summed E-state index contributed by atoms with van der Waals surface area (Å²) in [6.07, 6.45) is 6.81. The molecule has 10 aromatic rings. The van der Waals surface area contributed by atoms with E-state index in [4.69, 9.17) is 0 Å². The Kier molecular flexibility index (Phi) is 11.9. The molecule has 0 N–H and O–H groups in total. The molecule has 0 aromatic heterocycles. The van der Waals surface area contributed by atoms with Gasteiger partial charge in [-0.1, -0.05) is 192 Å². The van der Waals surface area contributed by atoms with Gasteiger partial charge in [-0.05, 0) is 171 Å². The van der Waals surface area contributed by atoms with E-state index in [0.29, 0.717) is 0 Å². The van der Waals surface area contributed by atoms with Crippen LogP contribution in [0, 0.1) is 0 Å². The summed E-state index contributed by atoms with van der Waals surface area (Å²) in [4.78, 5) is 7.77. The third-order valence-electron chi connectivity index (χ3n) is 16.4. The molecule has 2 heterocycles. The molecule has 0 unspecified atom stereocenters. The van der Waals surface area contributed by atoms with Gasteiger partial charge in [-0.3, -0.25) is 0 Å². The highest BCUT2D eigenvalue weighted by atomic mass is 15.2. The van der Waals surface area contributed by atoms with Crippen LogP contribution in [0.4, 0.5) is 45.5 Å². The molecule has 364 valence electrons. The fourth-order valence-corrected chi connectivity index (χ4v) is 12.6. The van der Waals surface area contributed by atoms with Crippen molar-refractivity contribution in [3.8, 4) is 44.5 Å². The van der Waals surface area contributed by atoms with Crippen LogP contribution >= 0.6 is 0 Å². The van der Waals surface area contributed by atoms with Crippen LogP contribution in [0.2, 0.25) is 0 Å². The number of fused-ring (bicyclic) bond motifs is 7. The fraction of sp³-hybridized carbons (Fsp3) is 0.155. The van der Waals surface area contributed by atoms with Crippen LogP contribution in [0.15, 0.2) is 231 Å². The number of hydrogen-bond acceptors (Lipinski definition) is 3. The van der Waals surface area contributed by atoms with Crippen molar-refractivity contribution >= 4 is 63.3 Å². The van der Waals surface area contributed by atoms with E-state index in [-0.39, 0.29) is 12.3 Å². The Bertz CT molecular complexity index is 3720. The van der Waals surface area contributed by atoms with Gasteiger partial charge in [0, 0.05) is 56.4 Å². The van der Waals surface area contributed by atoms with Gasteiger partial charge in [0.25, 0.3) is 0 Å². The van der Waals surface area contributed by atoms with E-state index in [0.717, 1.165) is 48.4 Å². The van der Waals surface area contributed by atoms with Crippen molar-refractivity contribution in [2.24, 2.45) is 0 Å². The Hall–Kier alpha value is -8.34. The van der Waals surface area contributed by atoms with E-state index in [2.05, 4.69) is 273 Å². The molecule has 1 aliphatic carbocycles. The van der Waals surface area contributed by atoms with Gasteiger partial charge in [-0.2, -0.15) is 0 Å². The minimum absolute atomic E-state index is 0.176. The molecule has 0 spiro atoms. The van der Waals surface area contributed by atoms with Crippen LogP contribution in [0.1, 0.15) is 75.6 Å². The van der Waals surface area contributed by atoms with Crippen molar-refractivity contribution in [2.75, 3.05) is 14.6 Å². The van der Waals surface area contributed by atoms with Crippen LogP contribution in [-0.2, 0) is 18.3 Å². The van der Waals surface area contributed by atoms with E-state index >= 15 is 0 Å². The normalized spacial score (nSPS) is 13.4. The molecule has 0 radical (unpaired) electrons. The molecular weight excluding hydrogens is 906 g/mol. The Morgan fingerprint density at radius 2 is 1.01 bits per heavy atom. The first-order chi connectivity index (χ1) is 36.9. The second-order valence-electron chi connectivity index (χ2n) is 21.4. The van der Waals surface area contributed by atoms with Gasteiger partial charge in [-0.25, -0.2) is 0 Å². The van der Waals surface area contributed by atoms with Crippen molar-refractivity contribution in [3.63, 3.8) is 0 Å². The highest BCUT2D eigenvalue weighted by molar-refractivity contribution is 6.93. The van der Waals surface area contributed by atoms with Gasteiger partial charge in [-0.15, -0.1) is 0 Å². The molecular formula is C71H62BN3. The second-order valence-corrected chi connectivity index (χ2v) is 21.4. The van der Waals surface area contributed by atoms with Crippen LogP contribution in [-0.4, -0.2) is 6.85 Å². The second kappa shape index (κ2) is 19.2. The van der Waals surface area contributed by atoms with Crippen LogP contribution in [0.5, 0.6) is 0 Å². The topological polar surface area (TPSA) is 9.72 Å². The van der Waals surface area contributed by atoms with E-state index < -0.39 is 0 Å². The summed E-state index contributed by atoms with van der Waals surface area (Å²) in [5, 5.41) is 0. The van der Waals surface area contributed by atoms with E-state index in [1.165, 1.54) is 113 Å². The Labute approximate surface area is 444 Å². The number of para-hydroxylation sites is 2. The zero-order valence-corrected chi connectivity index (χ0v) is 43.6. The average molecular weight is 968 g/mol. The molecule has 3 aliphatic rings. The molecule has 0 bridgehead atoms. The lowest BCUT2D eigenvalue weighted by Gasteiger charge is -2.47. The zero-order valence-electron chi connectivity index (χ0n) is 43.6. The number of anilines is 8. The van der Waals surface area contributed by atoms with E-state index in [1.54, 1.807) is 0 Å². The summed E-state index contributed by atoms with van der Waals surface area (Å²) in [7, 11) is 0. The number of rotatable bonds is 13. The van der Waals surface area contributed by atoms with E-state index in [9.17, 15) is 0 Å². The molecule has 75 heavy (non-hydrogen) atoms. The van der Waals surface area contributed by atoms with Crippen molar-refractivity contribution in [2.45, 2.75) is 71.6 Å². The molecule has 0 saturated heterocycles. The summed E-state index contributed by atoms with van der Waals surface area (Å²) in [6.45, 7) is 9.22. The summed E-state index contributed by atoms with van der Waals surface area (Å²) in [5.41, 5.74) is 27.2. The third kappa shape index (κ3) is 7.98. The van der Waals surface area contributed by atoms with Gasteiger partial charge in [0.15, 0.2) is 0 Å². The lowest BCUT2D eigenvalue weighted by molar-refractivity contribution is 0.660. The molecule has 0 fully saturated rings. The first-order valence-electron chi connectivity index (χ1n) is 27.3. The van der Waals surface area contributed by atoms with Crippen LogP contribution in [0.25, 0.3) is 44.5 Å². The Morgan fingerprint density at radius 3 is 1.73 bits per heavy atom. The number of benzene rings is 10. The largest absolute Gasteiger partial charge is 0.376 e. The van der Waals surface area contributed by atoms with E-state index in [1.807, 2.05) is 0 Å². The van der Waals surface area contributed by atoms with Gasteiger partial charge in [0.1, 0.15) is 0 Å². The Balaban J connectivity index is 1.13. The summed E-state index contributed by atoms with van der Waals surface area (Å²) >= 11 is 0. The molecule has 0 amide bonds. The molecule has 13 rings (SSSR count). The molecule has 3 nitrogen and oxygen atoms in total. The molecule has 0 saturated carbocycles. The monoisotopic (exact) mass is 968 g/mol. The van der Waals surface area contributed by atoms with Crippen molar-refractivity contribution in [1.82, 2.24) is 0 Å². The number of aryl methyl sites for hydroxylation is 2. The summed E-state index contributed by atoms with van der Waals surface area (Å²) in [5.74, 6) is 0. The first-order valence-corrected chi connectivity index (χ1v) is 27.3. The molecule has 0 atom stereocenters. The molecule has 2 aliphatic heterocycles. The van der Waals surface area contributed by atoms with Gasteiger partial charge in [0.2, 0.25) is 0 Å². The summed E-state index contributed by atoms with van der Waals surface area (Å²) in [6, 6.07) is 87.3. The molecule has 4 heteroatoms. The lowest BCUT2D eigenvalue weighted by atomic mass is 9.43.